The molecule has 2 unspecified atom stereocenters. The van der Waals surface area contributed by atoms with E-state index in [1.165, 1.54) is 0 Å². The Morgan fingerprint density at radius 3 is 2.57 bits per heavy atom. The van der Waals surface area contributed by atoms with Crippen LogP contribution in [0.3, 0.4) is 0 Å². The van der Waals surface area contributed by atoms with E-state index in [2.05, 4.69) is 16.2 Å². The van der Waals surface area contributed by atoms with Crippen molar-refractivity contribution in [2.45, 2.75) is 44.4 Å². The standard InChI is InChI=1S/C16H18N4O3/c1-9-19-13(23-20-9)15(4)11-7-10(8-17)5-6-12(11)22-14(2,3)16(15,18)21/h5-7,21H,18H2,1-4H3. The number of benzene rings is 1. The van der Waals surface area contributed by atoms with Crippen LogP contribution in [0.2, 0.25) is 0 Å². The fraction of sp³-hybridized carbons (Fsp3) is 0.438. The second-order valence-electron chi connectivity index (χ2n) is 6.47. The first-order valence-electron chi connectivity index (χ1n) is 7.19. The number of rotatable bonds is 1. The average Bonchev–Trinajstić information content (AvgIpc) is 2.92. The average molecular weight is 314 g/mol. The van der Waals surface area contributed by atoms with Crippen LogP contribution in [0.4, 0.5) is 0 Å². The SMILES string of the molecule is Cc1noc(C2(C)c3cc(C#N)ccc3OC(C)(C)C2(N)O)n1. The zero-order chi connectivity index (χ0) is 17.0. The first-order valence-corrected chi connectivity index (χ1v) is 7.19. The van der Waals surface area contributed by atoms with Crippen LogP contribution >= 0.6 is 0 Å². The summed E-state index contributed by atoms with van der Waals surface area (Å²) >= 11 is 0. The van der Waals surface area contributed by atoms with Crippen molar-refractivity contribution in [2.75, 3.05) is 0 Å². The lowest BCUT2D eigenvalue weighted by Gasteiger charge is -2.53. The predicted octanol–water partition coefficient (Wildman–Crippen LogP) is 1.37. The minimum Gasteiger partial charge on any atom is -0.483 e. The van der Waals surface area contributed by atoms with Gasteiger partial charge in [0.05, 0.1) is 11.6 Å². The van der Waals surface area contributed by atoms with E-state index in [-0.39, 0.29) is 5.89 Å². The van der Waals surface area contributed by atoms with Gasteiger partial charge in [-0.2, -0.15) is 10.2 Å². The van der Waals surface area contributed by atoms with Gasteiger partial charge < -0.3 is 14.4 Å². The number of fused-ring (bicyclic) bond motifs is 1. The van der Waals surface area contributed by atoms with E-state index in [1.54, 1.807) is 45.9 Å². The number of aryl methyl sites for hydroxylation is 1. The first kappa shape index (κ1) is 15.5. The highest BCUT2D eigenvalue weighted by atomic mass is 16.5. The lowest BCUT2D eigenvalue weighted by molar-refractivity contribution is -0.165. The molecule has 0 bridgehead atoms. The Balaban J connectivity index is 2.37. The Bertz CT molecular complexity index is 819. The van der Waals surface area contributed by atoms with E-state index in [4.69, 9.17) is 15.0 Å². The van der Waals surface area contributed by atoms with Crippen LogP contribution in [-0.2, 0) is 5.41 Å². The molecule has 2 aromatic rings. The van der Waals surface area contributed by atoms with E-state index in [0.717, 1.165) is 0 Å². The van der Waals surface area contributed by atoms with Crippen molar-refractivity contribution in [1.82, 2.24) is 10.1 Å². The maximum absolute atomic E-state index is 11.1. The molecule has 0 saturated heterocycles. The second-order valence-corrected chi connectivity index (χ2v) is 6.47. The van der Waals surface area contributed by atoms with Gasteiger partial charge in [-0.1, -0.05) is 5.16 Å². The summed E-state index contributed by atoms with van der Waals surface area (Å²) in [6, 6.07) is 7.04. The van der Waals surface area contributed by atoms with Crippen molar-refractivity contribution in [3.8, 4) is 11.8 Å². The number of aliphatic hydroxyl groups is 1. The number of hydrogen-bond donors (Lipinski definition) is 2. The quantitative estimate of drug-likeness (QED) is 0.763. The molecule has 1 aromatic heterocycles. The van der Waals surface area contributed by atoms with Crippen molar-refractivity contribution in [2.24, 2.45) is 5.73 Å². The Morgan fingerprint density at radius 1 is 1.30 bits per heavy atom. The minimum absolute atomic E-state index is 0.174. The topological polar surface area (TPSA) is 118 Å². The largest absolute Gasteiger partial charge is 0.483 e. The molecule has 0 spiro atoms. The van der Waals surface area contributed by atoms with Crippen molar-refractivity contribution < 1.29 is 14.4 Å². The van der Waals surface area contributed by atoms with Crippen LogP contribution in [0.1, 0.15) is 43.6 Å². The maximum atomic E-state index is 11.1. The highest BCUT2D eigenvalue weighted by Gasteiger charge is 2.64. The zero-order valence-corrected chi connectivity index (χ0v) is 13.4. The molecule has 2 heterocycles. The van der Waals surface area contributed by atoms with Crippen molar-refractivity contribution in [1.29, 1.82) is 5.26 Å². The Morgan fingerprint density at radius 2 is 2.00 bits per heavy atom. The van der Waals surface area contributed by atoms with Crippen molar-refractivity contribution in [3.05, 3.63) is 41.0 Å². The predicted molar refractivity (Wildman–Crippen MR) is 80.5 cm³/mol. The van der Waals surface area contributed by atoms with Crippen LogP contribution < -0.4 is 10.5 Å². The van der Waals surface area contributed by atoms with Gasteiger partial charge >= 0.3 is 0 Å². The zero-order valence-electron chi connectivity index (χ0n) is 13.4. The summed E-state index contributed by atoms with van der Waals surface area (Å²) in [7, 11) is 0. The van der Waals surface area contributed by atoms with Gasteiger partial charge in [0.15, 0.2) is 11.5 Å². The summed E-state index contributed by atoms with van der Waals surface area (Å²) in [5.74, 6) is 1.12. The van der Waals surface area contributed by atoms with E-state index < -0.39 is 16.7 Å². The molecule has 0 saturated carbocycles. The molecule has 0 radical (unpaired) electrons. The molecular formula is C16H18N4O3. The van der Waals surface area contributed by atoms with Gasteiger partial charge in [0, 0.05) is 5.56 Å². The van der Waals surface area contributed by atoms with Crippen LogP contribution in [0.5, 0.6) is 5.75 Å². The van der Waals surface area contributed by atoms with E-state index in [1.807, 2.05) is 0 Å². The molecule has 7 nitrogen and oxygen atoms in total. The minimum atomic E-state index is -1.85. The van der Waals surface area contributed by atoms with Gasteiger partial charge in [-0.3, -0.25) is 5.73 Å². The number of nitrogens with two attached hydrogens (primary N) is 1. The smallest absolute Gasteiger partial charge is 0.241 e. The van der Waals surface area contributed by atoms with Gasteiger partial charge in [0.2, 0.25) is 5.89 Å². The van der Waals surface area contributed by atoms with Gasteiger partial charge in [-0.05, 0) is 45.9 Å². The van der Waals surface area contributed by atoms with E-state index in [9.17, 15) is 10.4 Å². The Kier molecular flexibility index (Phi) is 3.05. The summed E-state index contributed by atoms with van der Waals surface area (Å²) in [5, 5.41) is 24.1. The van der Waals surface area contributed by atoms with Crippen LogP contribution in [0.25, 0.3) is 0 Å². The molecule has 0 fully saturated rings. The Labute approximate surface area is 133 Å². The fourth-order valence-corrected chi connectivity index (χ4v) is 3.02. The summed E-state index contributed by atoms with van der Waals surface area (Å²) in [5.41, 5.74) is 3.05. The molecule has 7 heteroatoms. The van der Waals surface area contributed by atoms with Gasteiger partial charge in [-0.25, -0.2) is 0 Å². The molecule has 0 amide bonds. The summed E-state index contributed by atoms with van der Waals surface area (Å²) < 4.78 is 11.2. The van der Waals surface area contributed by atoms with Crippen molar-refractivity contribution >= 4 is 0 Å². The fourth-order valence-electron chi connectivity index (χ4n) is 3.02. The summed E-state index contributed by atoms with van der Waals surface area (Å²) in [6.45, 7) is 6.78. The second kappa shape index (κ2) is 4.54. The number of nitriles is 1. The van der Waals surface area contributed by atoms with Crippen molar-refractivity contribution in [3.63, 3.8) is 0 Å². The number of ether oxygens (including phenoxy) is 1. The molecule has 3 rings (SSSR count). The van der Waals surface area contributed by atoms with Crippen LogP contribution in [0.15, 0.2) is 22.7 Å². The normalized spacial score (nSPS) is 28.6. The molecule has 23 heavy (non-hydrogen) atoms. The lowest BCUT2D eigenvalue weighted by atomic mass is 9.65. The van der Waals surface area contributed by atoms with Gasteiger partial charge in [0.1, 0.15) is 16.8 Å². The number of nitrogens with zero attached hydrogens (tertiary/aromatic N) is 3. The third kappa shape index (κ3) is 1.89. The highest BCUT2D eigenvalue weighted by molar-refractivity contribution is 5.53. The molecule has 3 N–H and O–H groups in total. The molecule has 1 aliphatic rings. The number of hydrogen-bond acceptors (Lipinski definition) is 7. The van der Waals surface area contributed by atoms with E-state index >= 15 is 0 Å². The molecular weight excluding hydrogens is 296 g/mol. The van der Waals surface area contributed by atoms with Crippen LogP contribution in [0, 0.1) is 18.3 Å². The molecule has 1 aliphatic heterocycles. The molecule has 0 aliphatic carbocycles. The summed E-state index contributed by atoms with van der Waals surface area (Å²) in [6.07, 6.45) is 0. The van der Waals surface area contributed by atoms with Gasteiger partial charge in [-0.15, -0.1) is 0 Å². The highest BCUT2D eigenvalue weighted by Crippen LogP contribution is 2.52. The Hall–Kier alpha value is -2.43. The molecule has 1 aromatic carbocycles. The lowest BCUT2D eigenvalue weighted by Crippen LogP contribution is -2.73. The first-order chi connectivity index (χ1) is 10.6. The third-order valence-corrected chi connectivity index (χ3v) is 4.65. The van der Waals surface area contributed by atoms with Gasteiger partial charge in [0.25, 0.3) is 0 Å². The number of aromatic nitrogens is 2. The van der Waals surface area contributed by atoms with E-state index in [0.29, 0.717) is 22.7 Å². The molecule has 120 valence electrons. The molecule has 2 atom stereocenters. The summed E-state index contributed by atoms with van der Waals surface area (Å²) in [4.78, 5) is 4.27. The monoisotopic (exact) mass is 314 g/mol. The van der Waals surface area contributed by atoms with Crippen LogP contribution in [-0.4, -0.2) is 26.6 Å². The third-order valence-electron chi connectivity index (χ3n) is 4.65. The maximum Gasteiger partial charge on any atom is 0.241 e.